The van der Waals surface area contributed by atoms with Gasteiger partial charge in [0.25, 0.3) is 0 Å². The van der Waals surface area contributed by atoms with Gasteiger partial charge in [0, 0.05) is 13.1 Å². The van der Waals surface area contributed by atoms with Crippen molar-refractivity contribution in [3.8, 4) is 0 Å². The van der Waals surface area contributed by atoms with E-state index in [1.165, 1.54) is 6.92 Å². The number of likely N-dealkylation sites (N-methyl/N-ethyl adjacent to an activating group) is 1. The molecule has 0 aromatic carbocycles. The molecule has 5 heteroatoms. The number of carboxylic acid groups (broad SMARTS) is 1. The van der Waals surface area contributed by atoms with Crippen molar-refractivity contribution in [3.05, 3.63) is 0 Å². The lowest BCUT2D eigenvalue weighted by Crippen LogP contribution is -2.34. The molecule has 1 atom stereocenters. The Balaban J connectivity index is 2.23. The molecule has 1 amide bonds. The highest BCUT2D eigenvalue weighted by molar-refractivity contribution is 5.78. The summed E-state index contributed by atoms with van der Waals surface area (Å²) in [5.74, 6) is -1.20. The Kier molecular flexibility index (Phi) is 3.46. The molecular formula is C9H15NO4. The van der Waals surface area contributed by atoms with E-state index in [1.54, 1.807) is 11.9 Å². The summed E-state index contributed by atoms with van der Waals surface area (Å²) in [6.07, 6.45) is 1.15. The van der Waals surface area contributed by atoms with Gasteiger partial charge in [-0.15, -0.1) is 0 Å². The Bertz CT molecular complexity index is 237. The number of nitrogens with zero attached hydrogens (tertiary/aromatic N) is 1. The van der Waals surface area contributed by atoms with Crippen molar-refractivity contribution in [2.75, 3.05) is 13.7 Å². The van der Waals surface area contributed by atoms with E-state index in [0.717, 1.165) is 12.8 Å². The number of ether oxygens (including phenoxy) is 1. The van der Waals surface area contributed by atoms with Crippen LogP contribution >= 0.6 is 0 Å². The van der Waals surface area contributed by atoms with Gasteiger partial charge < -0.3 is 14.7 Å². The standard InChI is InChI=1S/C9H15NO4/c1-6(9(12)13)14-5-8(11)10(2)7-3-4-7/h6-7H,3-5H2,1-2H3,(H,12,13)/t6-/m1/s1. The third-order valence-corrected chi connectivity index (χ3v) is 2.29. The van der Waals surface area contributed by atoms with Gasteiger partial charge in [-0.2, -0.15) is 0 Å². The summed E-state index contributed by atoms with van der Waals surface area (Å²) in [7, 11) is 1.72. The number of hydrogen-bond donors (Lipinski definition) is 1. The van der Waals surface area contributed by atoms with Crippen LogP contribution in [0.1, 0.15) is 19.8 Å². The molecule has 0 saturated heterocycles. The van der Waals surface area contributed by atoms with E-state index in [9.17, 15) is 9.59 Å². The van der Waals surface area contributed by atoms with Crippen LogP contribution < -0.4 is 0 Å². The van der Waals surface area contributed by atoms with Crippen LogP contribution in [-0.4, -0.2) is 47.7 Å². The Morgan fingerprint density at radius 1 is 1.57 bits per heavy atom. The molecule has 1 rings (SSSR count). The summed E-state index contributed by atoms with van der Waals surface area (Å²) in [6.45, 7) is 1.26. The molecule has 1 N–H and O–H groups in total. The van der Waals surface area contributed by atoms with Gasteiger partial charge in [-0.1, -0.05) is 0 Å². The van der Waals surface area contributed by atoms with Crippen molar-refractivity contribution in [2.24, 2.45) is 0 Å². The van der Waals surface area contributed by atoms with Crippen LogP contribution in [0.25, 0.3) is 0 Å². The number of rotatable bonds is 5. The summed E-state index contributed by atoms with van der Waals surface area (Å²) in [5, 5.41) is 8.51. The fraction of sp³-hybridized carbons (Fsp3) is 0.778. The van der Waals surface area contributed by atoms with Gasteiger partial charge in [0.15, 0.2) is 6.10 Å². The van der Waals surface area contributed by atoms with Crippen LogP contribution in [-0.2, 0) is 14.3 Å². The number of carbonyl (C=O) groups is 2. The second-order valence-electron chi connectivity index (χ2n) is 3.53. The van der Waals surface area contributed by atoms with Crippen molar-refractivity contribution in [1.82, 2.24) is 4.90 Å². The topological polar surface area (TPSA) is 66.8 Å². The Morgan fingerprint density at radius 3 is 2.57 bits per heavy atom. The van der Waals surface area contributed by atoms with Crippen LogP contribution in [0.15, 0.2) is 0 Å². The summed E-state index contributed by atoms with van der Waals surface area (Å²) in [4.78, 5) is 23.4. The zero-order chi connectivity index (χ0) is 10.7. The molecule has 1 aliphatic carbocycles. The van der Waals surface area contributed by atoms with E-state index in [2.05, 4.69) is 0 Å². The molecule has 14 heavy (non-hydrogen) atoms. The zero-order valence-corrected chi connectivity index (χ0v) is 8.40. The first-order valence-electron chi connectivity index (χ1n) is 4.62. The number of carboxylic acids is 1. The van der Waals surface area contributed by atoms with Crippen LogP contribution in [0.5, 0.6) is 0 Å². The fourth-order valence-corrected chi connectivity index (χ4v) is 1.03. The molecule has 0 aromatic rings. The van der Waals surface area contributed by atoms with Gasteiger partial charge >= 0.3 is 5.97 Å². The molecule has 1 aliphatic rings. The Hall–Kier alpha value is -1.10. The van der Waals surface area contributed by atoms with Crippen molar-refractivity contribution in [2.45, 2.75) is 31.9 Å². The second kappa shape index (κ2) is 4.41. The third kappa shape index (κ3) is 2.99. The first-order valence-corrected chi connectivity index (χ1v) is 4.62. The SMILES string of the molecule is C[C@@H](OCC(=O)N(C)C1CC1)C(=O)O. The average Bonchev–Trinajstić information content (AvgIpc) is 2.95. The lowest BCUT2D eigenvalue weighted by Gasteiger charge is -2.17. The molecular weight excluding hydrogens is 186 g/mol. The highest BCUT2D eigenvalue weighted by atomic mass is 16.5. The lowest BCUT2D eigenvalue weighted by atomic mass is 10.4. The van der Waals surface area contributed by atoms with Gasteiger partial charge in [0.1, 0.15) is 6.61 Å². The maximum atomic E-state index is 11.4. The van der Waals surface area contributed by atoms with E-state index in [1.807, 2.05) is 0 Å². The van der Waals surface area contributed by atoms with Crippen LogP contribution in [0.3, 0.4) is 0 Å². The maximum Gasteiger partial charge on any atom is 0.332 e. The molecule has 0 radical (unpaired) electrons. The Labute approximate surface area is 82.6 Å². The van der Waals surface area contributed by atoms with Crippen molar-refractivity contribution >= 4 is 11.9 Å². The Morgan fingerprint density at radius 2 is 2.14 bits per heavy atom. The third-order valence-electron chi connectivity index (χ3n) is 2.29. The van der Waals surface area contributed by atoms with Crippen molar-refractivity contribution < 1.29 is 19.4 Å². The molecule has 0 unspecified atom stereocenters. The smallest absolute Gasteiger partial charge is 0.332 e. The highest BCUT2D eigenvalue weighted by Crippen LogP contribution is 2.25. The summed E-state index contributed by atoms with van der Waals surface area (Å²) < 4.78 is 4.87. The highest BCUT2D eigenvalue weighted by Gasteiger charge is 2.29. The predicted molar refractivity (Wildman–Crippen MR) is 48.8 cm³/mol. The molecule has 80 valence electrons. The van der Waals surface area contributed by atoms with Crippen LogP contribution in [0, 0.1) is 0 Å². The van der Waals surface area contributed by atoms with Gasteiger partial charge in [-0.05, 0) is 19.8 Å². The van der Waals surface area contributed by atoms with Gasteiger partial charge in [-0.3, -0.25) is 4.79 Å². The molecule has 0 aromatic heterocycles. The van der Waals surface area contributed by atoms with Crippen LogP contribution in [0.4, 0.5) is 0 Å². The summed E-state index contributed by atoms with van der Waals surface area (Å²) in [6, 6.07) is 0.339. The average molecular weight is 201 g/mol. The van der Waals surface area contributed by atoms with E-state index < -0.39 is 12.1 Å². The first-order chi connectivity index (χ1) is 6.52. The van der Waals surface area contributed by atoms with Crippen molar-refractivity contribution in [3.63, 3.8) is 0 Å². The zero-order valence-electron chi connectivity index (χ0n) is 8.40. The molecule has 0 spiro atoms. The molecule has 0 bridgehead atoms. The van der Waals surface area contributed by atoms with E-state index in [4.69, 9.17) is 9.84 Å². The molecule has 5 nitrogen and oxygen atoms in total. The van der Waals surface area contributed by atoms with E-state index in [-0.39, 0.29) is 12.5 Å². The fourth-order valence-electron chi connectivity index (χ4n) is 1.03. The monoisotopic (exact) mass is 201 g/mol. The number of amides is 1. The normalized spacial score (nSPS) is 17.6. The van der Waals surface area contributed by atoms with Crippen molar-refractivity contribution in [1.29, 1.82) is 0 Å². The minimum Gasteiger partial charge on any atom is -0.479 e. The minimum absolute atomic E-state index is 0.152. The molecule has 0 aliphatic heterocycles. The molecule has 1 saturated carbocycles. The van der Waals surface area contributed by atoms with Gasteiger partial charge in [0.2, 0.25) is 5.91 Å². The van der Waals surface area contributed by atoms with Gasteiger partial charge in [-0.25, -0.2) is 4.79 Å². The largest absolute Gasteiger partial charge is 0.479 e. The first kappa shape index (κ1) is 11.0. The summed E-state index contributed by atoms with van der Waals surface area (Å²) in [5.41, 5.74) is 0. The van der Waals surface area contributed by atoms with E-state index in [0.29, 0.717) is 6.04 Å². The number of aliphatic carboxylic acids is 1. The predicted octanol–water partition coefficient (Wildman–Crippen LogP) is 0.0969. The summed E-state index contributed by atoms with van der Waals surface area (Å²) >= 11 is 0. The molecule has 0 heterocycles. The molecule has 1 fully saturated rings. The minimum atomic E-state index is -1.05. The number of hydrogen-bond acceptors (Lipinski definition) is 3. The second-order valence-corrected chi connectivity index (χ2v) is 3.53. The lowest BCUT2D eigenvalue weighted by molar-refractivity contribution is -0.152. The van der Waals surface area contributed by atoms with Gasteiger partial charge in [0.05, 0.1) is 0 Å². The number of carbonyl (C=O) groups excluding carboxylic acids is 1. The van der Waals surface area contributed by atoms with Crippen LogP contribution in [0.2, 0.25) is 0 Å². The maximum absolute atomic E-state index is 11.4. The quantitative estimate of drug-likeness (QED) is 0.685. The van der Waals surface area contributed by atoms with E-state index >= 15 is 0 Å².